The van der Waals surface area contributed by atoms with Gasteiger partial charge >= 0.3 is 0 Å². The highest BCUT2D eigenvalue weighted by molar-refractivity contribution is 9.10. The minimum atomic E-state index is 0.292. The summed E-state index contributed by atoms with van der Waals surface area (Å²) >= 11 is 9.19. The number of halogens is 2. The molecule has 1 aromatic heterocycles. The average Bonchev–Trinajstić information content (AvgIpc) is 2.57. The van der Waals surface area contributed by atoms with Gasteiger partial charge in [0.2, 0.25) is 0 Å². The van der Waals surface area contributed by atoms with E-state index < -0.39 is 0 Å². The zero-order valence-corrected chi connectivity index (χ0v) is 14.0. The molecule has 1 unspecified atom stereocenters. The second kappa shape index (κ2) is 5.25. The van der Waals surface area contributed by atoms with Gasteiger partial charge in [-0.1, -0.05) is 37.9 Å². The van der Waals surface area contributed by atoms with Crippen molar-refractivity contribution in [3.05, 3.63) is 55.2 Å². The van der Waals surface area contributed by atoms with Gasteiger partial charge in [-0.2, -0.15) is 0 Å². The van der Waals surface area contributed by atoms with Gasteiger partial charge < -0.3 is 0 Å². The highest BCUT2D eigenvalue weighted by Gasteiger charge is 2.16. The van der Waals surface area contributed by atoms with E-state index in [2.05, 4.69) is 76.9 Å². The summed E-state index contributed by atoms with van der Waals surface area (Å²) in [7, 11) is 0. The number of rotatable bonds is 2. The molecule has 0 amide bonds. The van der Waals surface area contributed by atoms with Crippen molar-refractivity contribution < 1.29 is 0 Å². The van der Waals surface area contributed by atoms with E-state index in [4.69, 9.17) is 0 Å². The fourth-order valence-electron chi connectivity index (χ4n) is 1.99. The zero-order chi connectivity index (χ0) is 12.6. The maximum Gasteiger partial charge on any atom is 0.0657 e. The van der Waals surface area contributed by atoms with E-state index >= 15 is 0 Å². The Morgan fingerprint density at radius 2 is 1.76 bits per heavy atom. The van der Waals surface area contributed by atoms with Crippen LogP contribution in [0.3, 0.4) is 0 Å². The van der Waals surface area contributed by atoms with Gasteiger partial charge in [0.05, 0.1) is 4.83 Å². The van der Waals surface area contributed by atoms with Crippen molar-refractivity contribution in [2.24, 2.45) is 0 Å². The lowest BCUT2D eigenvalue weighted by Crippen LogP contribution is -1.95. The molecule has 1 aromatic carbocycles. The fourth-order valence-corrected chi connectivity index (χ4v) is 4.57. The molecule has 0 aliphatic rings. The van der Waals surface area contributed by atoms with Crippen molar-refractivity contribution in [1.29, 1.82) is 0 Å². The molecule has 0 bridgehead atoms. The number of hydrogen-bond acceptors (Lipinski definition) is 1. The molecule has 1 heterocycles. The molecule has 0 saturated heterocycles. The third-order valence-electron chi connectivity index (χ3n) is 2.86. The number of alkyl halides is 1. The summed E-state index contributed by atoms with van der Waals surface area (Å²) in [6, 6.07) is 8.73. The van der Waals surface area contributed by atoms with Crippen molar-refractivity contribution in [1.82, 2.24) is 0 Å². The molecule has 3 heteroatoms. The molecule has 0 nitrogen and oxygen atoms in total. The monoisotopic (exact) mass is 372 g/mol. The molecule has 0 spiro atoms. The Morgan fingerprint density at radius 1 is 1.06 bits per heavy atom. The Hall–Kier alpha value is -0.120. The molecule has 0 aliphatic heterocycles. The van der Waals surface area contributed by atoms with Crippen LogP contribution in [-0.2, 0) is 0 Å². The molecule has 90 valence electrons. The summed E-state index contributed by atoms with van der Waals surface area (Å²) in [5, 5.41) is 0. The smallest absolute Gasteiger partial charge is 0.0657 e. The van der Waals surface area contributed by atoms with E-state index in [0.717, 1.165) is 4.47 Å². The van der Waals surface area contributed by atoms with Gasteiger partial charge in [0.1, 0.15) is 0 Å². The van der Waals surface area contributed by atoms with E-state index in [9.17, 15) is 0 Å². The van der Waals surface area contributed by atoms with Gasteiger partial charge in [-0.15, -0.1) is 11.3 Å². The quantitative estimate of drug-likeness (QED) is 0.573. The average molecular weight is 374 g/mol. The lowest BCUT2D eigenvalue weighted by atomic mass is 10.0. The first kappa shape index (κ1) is 13.3. The van der Waals surface area contributed by atoms with E-state index in [1.165, 1.54) is 26.4 Å². The molecule has 17 heavy (non-hydrogen) atoms. The van der Waals surface area contributed by atoms with Crippen LogP contribution in [0, 0.1) is 20.8 Å². The Morgan fingerprint density at radius 3 is 2.29 bits per heavy atom. The first-order valence-corrected chi connectivity index (χ1v) is 7.98. The topological polar surface area (TPSA) is 0 Å². The number of thiophene rings is 1. The molecule has 1 atom stereocenters. The van der Waals surface area contributed by atoms with Crippen molar-refractivity contribution in [3.63, 3.8) is 0 Å². The van der Waals surface area contributed by atoms with Gasteiger partial charge in [0.15, 0.2) is 0 Å². The zero-order valence-electron chi connectivity index (χ0n) is 10.1. The maximum atomic E-state index is 3.82. The maximum absolute atomic E-state index is 3.82. The highest BCUT2D eigenvalue weighted by atomic mass is 79.9. The van der Waals surface area contributed by atoms with Crippen LogP contribution in [0.15, 0.2) is 28.7 Å². The van der Waals surface area contributed by atoms with Crippen LogP contribution in [0.25, 0.3) is 0 Å². The molecule has 0 aliphatic carbocycles. The van der Waals surface area contributed by atoms with E-state index in [1.807, 2.05) is 11.3 Å². The summed E-state index contributed by atoms with van der Waals surface area (Å²) in [6.07, 6.45) is 0. The van der Waals surface area contributed by atoms with Crippen LogP contribution < -0.4 is 0 Å². The van der Waals surface area contributed by atoms with Crippen molar-refractivity contribution >= 4 is 43.2 Å². The normalized spacial score (nSPS) is 12.8. The first-order chi connectivity index (χ1) is 7.99. The Balaban J connectivity index is 2.43. The Bertz CT molecular complexity index is 543. The van der Waals surface area contributed by atoms with E-state index in [0.29, 0.717) is 4.83 Å². The van der Waals surface area contributed by atoms with E-state index in [1.54, 1.807) is 0 Å². The second-order valence-corrected chi connectivity index (χ2v) is 7.52. The summed E-state index contributed by atoms with van der Waals surface area (Å²) in [5.74, 6) is 0. The SMILES string of the molecule is Cc1cc(C(Br)c2ccc(Br)cc2C)c(C)s1. The standard InChI is InChI=1S/C14H14Br2S/c1-8-6-11(15)4-5-12(8)14(16)13-7-9(2)17-10(13)3/h4-7,14H,1-3H3. The van der Waals surface area contributed by atoms with Crippen LogP contribution in [0.4, 0.5) is 0 Å². The molecule has 0 saturated carbocycles. The third-order valence-corrected chi connectivity index (χ3v) is 5.32. The first-order valence-electron chi connectivity index (χ1n) is 5.46. The van der Waals surface area contributed by atoms with Crippen LogP contribution in [0.5, 0.6) is 0 Å². The molecule has 0 fully saturated rings. The highest BCUT2D eigenvalue weighted by Crippen LogP contribution is 2.38. The summed E-state index contributed by atoms with van der Waals surface area (Å²) in [4.78, 5) is 3.06. The second-order valence-electron chi connectivity index (χ2n) is 4.23. The van der Waals surface area contributed by atoms with Crippen LogP contribution in [0.2, 0.25) is 0 Å². The van der Waals surface area contributed by atoms with E-state index in [-0.39, 0.29) is 0 Å². The molecular formula is C14H14Br2S. The largest absolute Gasteiger partial charge is 0.146 e. The number of benzene rings is 1. The van der Waals surface area contributed by atoms with Gasteiger partial charge in [-0.3, -0.25) is 0 Å². The molecular weight excluding hydrogens is 360 g/mol. The number of hydrogen-bond donors (Lipinski definition) is 0. The van der Waals surface area contributed by atoms with Crippen molar-refractivity contribution in [2.75, 3.05) is 0 Å². The predicted octanol–water partition coefficient (Wildman–Crippen LogP) is 5.92. The number of aryl methyl sites for hydroxylation is 3. The van der Waals surface area contributed by atoms with Crippen LogP contribution >= 0.6 is 43.2 Å². The third kappa shape index (κ3) is 2.83. The minimum absolute atomic E-state index is 0.292. The summed E-state index contributed by atoms with van der Waals surface area (Å²) < 4.78 is 1.14. The van der Waals surface area contributed by atoms with Crippen molar-refractivity contribution in [3.8, 4) is 0 Å². The summed E-state index contributed by atoms with van der Waals surface area (Å²) in [5.41, 5.74) is 4.04. The predicted molar refractivity (Wildman–Crippen MR) is 83.4 cm³/mol. The summed E-state index contributed by atoms with van der Waals surface area (Å²) in [6.45, 7) is 6.51. The Labute approximate surface area is 123 Å². The molecule has 2 aromatic rings. The lowest BCUT2D eigenvalue weighted by Gasteiger charge is -2.13. The van der Waals surface area contributed by atoms with Gasteiger partial charge in [0.25, 0.3) is 0 Å². The fraction of sp³-hybridized carbons (Fsp3) is 0.286. The van der Waals surface area contributed by atoms with Gasteiger partial charge in [-0.25, -0.2) is 0 Å². The molecule has 0 radical (unpaired) electrons. The minimum Gasteiger partial charge on any atom is -0.146 e. The van der Waals surface area contributed by atoms with Gasteiger partial charge in [-0.05, 0) is 55.7 Å². The van der Waals surface area contributed by atoms with Crippen LogP contribution in [0.1, 0.15) is 31.3 Å². The molecule has 0 N–H and O–H groups in total. The Kier molecular flexibility index (Phi) is 4.11. The van der Waals surface area contributed by atoms with Gasteiger partial charge in [0, 0.05) is 14.2 Å². The van der Waals surface area contributed by atoms with Crippen molar-refractivity contribution in [2.45, 2.75) is 25.6 Å². The lowest BCUT2D eigenvalue weighted by molar-refractivity contribution is 1.13. The molecule has 2 rings (SSSR count). The van der Waals surface area contributed by atoms with Crippen LogP contribution in [-0.4, -0.2) is 0 Å².